The number of halogens is 1. The molecule has 0 saturated carbocycles. The predicted octanol–water partition coefficient (Wildman–Crippen LogP) is 4.13. The number of nitrogens with zero attached hydrogens (tertiary/aromatic N) is 1. The van der Waals surface area contributed by atoms with Crippen LogP contribution in [0.25, 0.3) is 0 Å². The van der Waals surface area contributed by atoms with Crippen molar-refractivity contribution in [2.24, 2.45) is 0 Å². The number of aryl methyl sites for hydroxylation is 1. The fourth-order valence-electron chi connectivity index (χ4n) is 5.12. The van der Waals surface area contributed by atoms with Crippen LogP contribution in [0.1, 0.15) is 33.0 Å². The molecule has 37 heavy (non-hydrogen) atoms. The Bertz CT molecular complexity index is 1330. The fourth-order valence-corrected chi connectivity index (χ4v) is 7.30. The fraction of sp³-hybridized carbons (Fsp3) is 0.321. The van der Waals surface area contributed by atoms with E-state index in [4.69, 9.17) is 21.1 Å². The van der Waals surface area contributed by atoms with Gasteiger partial charge in [-0.25, -0.2) is 13.2 Å². The molecule has 0 radical (unpaired) electrons. The summed E-state index contributed by atoms with van der Waals surface area (Å²) in [4.78, 5) is 14.3. The molecule has 1 fully saturated rings. The van der Waals surface area contributed by atoms with Gasteiger partial charge in [0.15, 0.2) is 9.84 Å². The number of hydrogen-bond donors (Lipinski definition) is 1. The number of carbonyl (C=O) groups excluding carboxylic acids is 1. The van der Waals surface area contributed by atoms with Crippen LogP contribution in [0, 0.1) is 6.92 Å². The number of aliphatic hydroxyl groups excluding tert-OH is 1. The molecule has 1 saturated heterocycles. The van der Waals surface area contributed by atoms with Gasteiger partial charge in [-0.3, -0.25) is 4.90 Å². The van der Waals surface area contributed by atoms with Crippen molar-refractivity contribution >= 4 is 27.4 Å². The first-order valence-corrected chi connectivity index (χ1v) is 13.8. The van der Waals surface area contributed by atoms with E-state index >= 15 is 0 Å². The molecule has 1 aliphatic rings. The normalized spacial score (nSPS) is 22.2. The van der Waals surface area contributed by atoms with E-state index in [1.165, 1.54) is 7.11 Å². The summed E-state index contributed by atoms with van der Waals surface area (Å²) >= 11 is 6.06. The van der Waals surface area contributed by atoms with Crippen LogP contribution < -0.4 is 0 Å². The largest absolute Gasteiger partial charge is 0.465 e. The summed E-state index contributed by atoms with van der Waals surface area (Å²) < 4.78 is 37.9. The lowest BCUT2D eigenvalue weighted by molar-refractivity contribution is -0.0286. The second-order valence-electron chi connectivity index (χ2n) is 9.19. The summed E-state index contributed by atoms with van der Waals surface area (Å²) in [5.41, 5.74) is 2.66. The Kier molecular flexibility index (Phi) is 8.36. The molecule has 0 spiro atoms. The number of rotatable bonds is 9. The molecule has 4 rings (SSSR count). The monoisotopic (exact) mass is 543 g/mol. The quantitative estimate of drug-likeness (QED) is 0.320. The molecule has 0 bridgehead atoms. The molecular weight excluding hydrogens is 514 g/mol. The maximum Gasteiger partial charge on any atom is 0.337 e. The first-order valence-electron chi connectivity index (χ1n) is 11.8. The van der Waals surface area contributed by atoms with Gasteiger partial charge in [0.25, 0.3) is 0 Å². The molecule has 3 unspecified atom stereocenters. The van der Waals surface area contributed by atoms with Crippen LogP contribution >= 0.6 is 11.6 Å². The van der Waals surface area contributed by atoms with E-state index in [0.29, 0.717) is 12.1 Å². The Hall–Kier alpha value is -2.75. The number of ether oxygens (including phenoxy) is 2. The molecule has 1 N–H and O–H groups in total. The second-order valence-corrected chi connectivity index (χ2v) is 11.7. The lowest BCUT2D eigenvalue weighted by atomic mass is 9.86. The molecule has 3 aromatic rings. The van der Waals surface area contributed by atoms with E-state index in [9.17, 15) is 18.3 Å². The maximum absolute atomic E-state index is 14.3. The van der Waals surface area contributed by atoms with E-state index in [-0.39, 0.29) is 23.1 Å². The van der Waals surface area contributed by atoms with Crippen molar-refractivity contribution in [2.75, 3.05) is 26.3 Å². The zero-order valence-electron chi connectivity index (χ0n) is 20.7. The third-order valence-corrected chi connectivity index (χ3v) is 9.55. The van der Waals surface area contributed by atoms with Crippen molar-refractivity contribution in [3.63, 3.8) is 0 Å². The van der Waals surface area contributed by atoms with Crippen LogP contribution in [-0.4, -0.2) is 61.7 Å². The Labute approximate surface area is 222 Å². The Morgan fingerprint density at radius 3 is 2.41 bits per heavy atom. The van der Waals surface area contributed by atoms with Crippen molar-refractivity contribution in [2.45, 2.75) is 35.3 Å². The second kappa shape index (κ2) is 11.3. The number of carbonyl (C=O) groups is 1. The highest BCUT2D eigenvalue weighted by Gasteiger charge is 2.61. The van der Waals surface area contributed by atoms with Crippen molar-refractivity contribution in [1.29, 1.82) is 0 Å². The van der Waals surface area contributed by atoms with Gasteiger partial charge in [0, 0.05) is 19.0 Å². The Balaban J connectivity index is 1.92. The lowest BCUT2D eigenvalue weighted by Gasteiger charge is -2.34. The topological polar surface area (TPSA) is 93.1 Å². The van der Waals surface area contributed by atoms with E-state index in [1.807, 2.05) is 42.2 Å². The highest BCUT2D eigenvalue weighted by atomic mass is 35.5. The summed E-state index contributed by atoms with van der Waals surface area (Å²) in [5, 5.41) is 10.9. The summed E-state index contributed by atoms with van der Waals surface area (Å²) in [6, 6.07) is 22.6. The van der Waals surface area contributed by atoms with Gasteiger partial charge in [0.2, 0.25) is 0 Å². The smallest absolute Gasteiger partial charge is 0.337 e. The van der Waals surface area contributed by atoms with Gasteiger partial charge in [0.05, 0.1) is 24.2 Å². The highest BCUT2D eigenvalue weighted by molar-refractivity contribution is 7.93. The van der Waals surface area contributed by atoms with E-state index < -0.39 is 39.3 Å². The van der Waals surface area contributed by atoms with Crippen LogP contribution in [0.4, 0.5) is 0 Å². The summed E-state index contributed by atoms with van der Waals surface area (Å²) in [6.07, 6.45) is -0.794. The number of esters is 1. The molecule has 3 atom stereocenters. The summed E-state index contributed by atoms with van der Waals surface area (Å²) in [6.45, 7) is 1.58. The maximum atomic E-state index is 14.3. The van der Waals surface area contributed by atoms with Crippen molar-refractivity contribution in [1.82, 2.24) is 4.90 Å². The van der Waals surface area contributed by atoms with Crippen LogP contribution in [0.15, 0.2) is 83.8 Å². The minimum absolute atomic E-state index is 0.0106. The molecule has 0 amide bonds. The van der Waals surface area contributed by atoms with Gasteiger partial charge in [-0.1, -0.05) is 71.8 Å². The minimum Gasteiger partial charge on any atom is -0.465 e. The number of hydrogen-bond acceptors (Lipinski definition) is 7. The number of likely N-dealkylation sites (tertiary alicyclic amines) is 1. The van der Waals surface area contributed by atoms with Gasteiger partial charge in [-0.15, -0.1) is 0 Å². The van der Waals surface area contributed by atoms with Crippen LogP contribution in [-0.2, 0) is 25.9 Å². The molecule has 1 heterocycles. The van der Waals surface area contributed by atoms with Crippen molar-refractivity contribution < 1.29 is 27.8 Å². The zero-order valence-corrected chi connectivity index (χ0v) is 22.3. The lowest BCUT2D eigenvalue weighted by Crippen LogP contribution is -2.49. The summed E-state index contributed by atoms with van der Waals surface area (Å²) in [7, 11) is -2.83. The number of methoxy groups -OCH3 is 1. The average molecular weight is 544 g/mol. The van der Waals surface area contributed by atoms with Gasteiger partial charge in [0.1, 0.15) is 17.0 Å². The third-order valence-electron chi connectivity index (χ3n) is 6.95. The van der Waals surface area contributed by atoms with Gasteiger partial charge >= 0.3 is 5.97 Å². The number of aliphatic hydroxyl groups is 1. The van der Waals surface area contributed by atoms with Crippen LogP contribution in [0.5, 0.6) is 0 Å². The average Bonchev–Trinajstić information content (AvgIpc) is 3.23. The molecule has 9 heteroatoms. The van der Waals surface area contributed by atoms with Gasteiger partial charge in [-0.2, -0.15) is 0 Å². The van der Waals surface area contributed by atoms with E-state index in [1.54, 1.807) is 48.5 Å². The molecular formula is C28H30ClNO6S. The SMILES string of the molecule is COC(=O)c1cccc(C2C(OCCl)N(Cc3ccccc3)CC2(CO)S(=O)(=O)c2ccc(C)cc2)c1. The third kappa shape index (κ3) is 5.17. The Morgan fingerprint density at radius 1 is 1.08 bits per heavy atom. The minimum atomic E-state index is -4.11. The number of benzene rings is 3. The van der Waals surface area contributed by atoms with E-state index in [2.05, 4.69) is 0 Å². The first-order chi connectivity index (χ1) is 17.8. The van der Waals surface area contributed by atoms with Crippen molar-refractivity contribution in [3.8, 4) is 0 Å². The molecule has 1 aliphatic heterocycles. The molecule has 196 valence electrons. The van der Waals surface area contributed by atoms with E-state index in [0.717, 1.165) is 11.1 Å². The van der Waals surface area contributed by atoms with Crippen LogP contribution in [0.2, 0.25) is 0 Å². The predicted molar refractivity (Wildman–Crippen MR) is 141 cm³/mol. The van der Waals surface area contributed by atoms with Gasteiger partial charge in [-0.05, 0) is 42.3 Å². The van der Waals surface area contributed by atoms with Gasteiger partial charge < -0.3 is 14.6 Å². The van der Waals surface area contributed by atoms with Crippen molar-refractivity contribution in [3.05, 3.63) is 101 Å². The summed E-state index contributed by atoms with van der Waals surface area (Å²) in [5.74, 6) is -1.41. The molecule has 3 aromatic carbocycles. The van der Waals surface area contributed by atoms with Crippen LogP contribution in [0.3, 0.4) is 0 Å². The zero-order chi connectivity index (χ0) is 26.6. The first kappa shape index (κ1) is 27.3. The number of sulfone groups is 1. The highest BCUT2D eigenvalue weighted by Crippen LogP contribution is 2.49. The Morgan fingerprint density at radius 2 is 1.78 bits per heavy atom. The molecule has 7 nitrogen and oxygen atoms in total. The molecule has 0 aromatic heterocycles. The number of alkyl halides is 1. The molecule has 0 aliphatic carbocycles. The standard InChI is InChI=1S/C28H30ClNO6S/c1-20-11-13-24(14-12-20)37(33,34)28(18-31)17-30(16-21-7-4-3-5-8-21)26(36-19-29)25(28)22-9-6-10-23(15-22)27(32)35-2/h3-15,25-26,31H,16-19H2,1-2H3.